The zero-order chi connectivity index (χ0) is 17.4. The van der Waals surface area contributed by atoms with Crippen LogP contribution in [0, 0.1) is 5.82 Å². The summed E-state index contributed by atoms with van der Waals surface area (Å²) in [6.45, 7) is 9.16. The fourth-order valence-electron chi connectivity index (χ4n) is 1.86. The van der Waals surface area contributed by atoms with Gasteiger partial charge in [-0.1, -0.05) is 13.0 Å². The van der Waals surface area contributed by atoms with E-state index in [9.17, 15) is 9.18 Å². The van der Waals surface area contributed by atoms with Crippen molar-refractivity contribution < 1.29 is 9.18 Å². The van der Waals surface area contributed by atoms with Crippen molar-refractivity contribution in [3.8, 4) is 0 Å². The van der Waals surface area contributed by atoms with Crippen molar-refractivity contribution in [2.45, 2.75) is 41.0 Å². The zero-order valence-corrected chi connectivity index (χ0v) is 14.3. The summed E-state index contributed by atoms with van der Waals surface area (Å²) < 4.78 is 13.0. The van der Waals surface area contributed by atoms with E-state index in [1.807, 2.05) is 27.7 Å². The van der Waals surface area contributed by atoms with Crippen molar-refractivity contribution in [3.63, 3.8) is 0 Å². The maximum absolute atomic E-state index is 13.0. The first-order valence-electron chi connectivity index (χ1n) is 7.59. The minimum atomic E-state index is -0.283. The molecule has 1 aromatic rings. The number of nitrogens with zero attached hydrogens (tertiary/aromatic N) is 1. The van der Waals surface area contributed by atoms with Crippen LogP contribution < -0.4 is 10.6 Å². The highest BCUT2D eigenvalue weighted by atomic mass is 19.1. The lowest BCUT2D eigenvalue weighted by Gasteiger charge is -2.13. The summed E-state index contributed by atoms with van der Waals surface area (Å²) in [6.07, 6.45) is 2.63. The van der Waals surface area contributed by atoms with Gasteiger partial charge in [-0.25, -0.2) is 9.38 Å². The van der Waals surface area contributed by atoms with E-state index in [4.69, 9.17) is 0 Å². The third-order valence-corrected chi connectivity index (χ3v) is 3.31. The highest BCUT2D eigenvalue weighted by Crippen LogP contribution is 2.17. The van der Waals surface area contributed by atoms with Gasteiger partial charge in [0.1, 0.15) is 11.6 Å². The first-order valence-corrected chi connectivity index (χ1v) is 7.59. The number of allylic oxidation sites excluding steroid dienone is 3. The fourth-order valence-corrected chi connectivity index (χ4v) is 1.86. The largest absolute Gasteiger partial charge is 0.340 e. The molecule has 2 N–H and O–H groups in total. The van der Waals surface area contributed by atoms with E-state index in [0.717, 1.165) is 17.7 Å². The van der Waals surface area contributed by atoms with Crippen molar-refractivity contribution in [2.24, 2.45) is 4.99 Å². The van der Waals surface area contributed by atoms with Crippen LogP contribution in [0.15, 0.2) is 52.4 Å². The van der Waals surface area contributed by atoms with Crippen LogP contribution in [0.4, 0.5) is 10.1 Å². The zero-order valence-electron chi connectivity index (χ0n) is 14.3. The Morgan fingerprint density at radius 1 is 1.22 bits per heavy atom. The van der Waals surface area contributed by atoms with Gasteiger partial charge in [0.25, 0.3) is 0 Å². The highest BCUT2D eigenvalue weighted by molar-refractivity contribution is 6.01. The van der Waals surface area contributed by atoms with Crippen LogP contribution in [0.25, 0.3) is 0 Å². The summed E-state index contributed by atoms with van der Waals surface area (Å²) in [6, 6.07) is 6.11. The first kappa shape index (κ1) is 18.6. The molecular weight excluding hydrogens is 293 g/mol. The number of carbonyl (C=O) groups excluding carboxylic acids is 1. The normalized spacial score (nSPS) is 13.5. The Bertz CT molecular complexity index is 643. The maximum atomic E-state index is 13.0. The third kappa shape index (κ3) is 6.06. The topological polar surface area (TPSA) is 53.5 Å². The summed E-state index contributed by atoms with van der Waals surface area (Å²) in [5, 5.41) is 5.96. The number of anilines is 1. The number of halogens is 1. The highest BCUT2D eigenvalue weighted by Gasteiger charge is 2.07. The standard InChI is InChI=1S/C18H24FN3O/c1-6-12(3)18(22-16-10-8-15(19)9-11-16)20-13(4)17(7-2)21-14(5)23/h7-11,22H,6H2,1-5H3,(H,21,23)/b17-7+,18-12-,20-13-. The molecule has 0 heterocycles. The molecule has 1 aromatic carbocycles. The quantitative estimate of drug-likeness (QED) is 0.765. The summed E-state index contributed by atoms with van der Waals surface area (Å²) in [5.74, 6) is 0.271. The second-order valence-electron chi connectivity index (χ2n) is 5.20. The minimum absolute atomic E-state index is 0.142. The van der Waals surface area contributed by atoms with Gasteiger partial charge in [0, 0.05) is 12.6 Å². The molecule has 0 aliphatic heterocycles. The Morgan fingerprint density at radius 3 is 2.30 bits per heavy atom. The van der Waals surface area contributed by atoms with Gasteiger partial charge in [0.15, 0.2) is 0 Å². The van der Waals surface area contributed by atoms with Crippen LogP contribution in [0.5, 0.6) is 0 Å². The molecule has 0 fully saturated rings. The van der Waals surface area contributed by atoms with Crippen molar-refractivity contribution >= 4 is 17.3 Å². The second kappa shape index (κ2) is 8.88. The molecule has 5 heteroatoms. The molecule has 0 aliphatic rings. The SMILES string of the molecule is C\C=C(NC(C)=O)/C(C)=N\C(Nc1ccc(F)cc1)=C(/C)CC. The molecule has 1 rings (SSSR count). The first-order chi connectivity index (χ1) is 10.9. The number of hydrogen-bond donors (Lipinski definition) is 2. The monoisotopic (exact) mass is 317 g/mol. The summed E-state index contributed by atoms with van der Waals surface area (Å²) in [7, 11) is 0. The van der Waals surface area contributed by atoms with Gasteiger partial charge >= 0.3 is 0 Å². The molecule has 0 spiro atoms. The van der Waals surface area contributed by atoms with Gasteiger partial charge in [0.05, 0.1) is 11.4 Å². The Labute approximate surface area is 137 Å². The summed E-state index contributed by atoms with van der Waals surface area (Å²) >= 11 is 0. The van der Waals surface area contributed by atoms with E-state index < -0.39 is 0 Å². The number of carbonyl (C=O) groups is 1. The van der Waals surface area contributed by atoms with Crippen LogP contribution in [0.1, 0.15) is 41.0 Å². The number of aliphatic imine (C=N–C) groups is 1. The van der Waals surface area contributed by atoms with Gasteiger partial charge in [-0.05, 0) is 57.0 Å². The summed E-state index contributed by atoms with van der Waals surface area (Å²) in [4.78, 5) is 15.8. The van der Waals surface area contributed by atoms with E-state index in [0.29, 0.717) is 17.2 Å². The maximum Gasteiger partial charge on any atom is 0.221 e. The lowest BCUT2D eigenvalue weighted by atomic mass is 10.2. The number of benzene rings is 1. The van der Waals surface area contributed by atoms with Crippen LogP contribution >= 0.6 is 0 Å². The molecule has 0 aromatic heterocycles. The second-order valence-corrected chi connectivity index (χ2v) is 5.20. The van der Waals surface area contributed by atoms with Gasteiger partial charge < -0.3 is 10.6 Å². The molecule has 124 valence electrons. The number of rotatable bonds is 6. The predicted octanol–water partition coefficient (Wildman–Crippen LogP) is 4.38. The van der Waals surface area contributed by atoms with Crippen LogP contribution in [0.3, 0.4) is 0 Å². The molecule has 23 heavy (non-hydrogen) atoms. The number of hydrogen-bond acceptors (Lipinski definition) is 3. The van der Waals surface area contributed by atoms with Crippen molar-refractivity contribution in [3.05, 3.63) is 53.2 Å². The smallest absolute Gasteiger partial charge is 0.221 e. The lowest BCUT2D eigenvalue weighted by molar-refractivity contribution is -0.118. The van der Waals surface area contributed by atoms with Gasteiger partial charge in [-0.2, -0.15) is 0 Å². The van der Waals surface area contributed by atoms with E-state index >= 15 is 0 Å². The molecule has 0 aliphatic carbocycles. The van der Waals surface area contributed by atoms with Gasteiger partial charge in [0.2, 0.25) is 5.91 Å². The van der Waals surface area contributed by atoms with Crippen LogP contribution in [-0.2, 0) is 4.79 Å². The fraction of sp³-hybridized carbons (Fsp3) is 0.333. The molecular formula is C18H24FN3O. The van der Waals surface area contributed by atoms with E-state index in [-0.39, 0.29) is 11.7 Å². The molecule has 0 bridgehead atoms. The van der Waals surface area contributed by atoms with Crippen LogP contribution in [-0.4, -0.2) is 11.6 Å². The van der Waals surface area contributed by atoms with Crippen LogP contribution in [0.2, 0.25) is 0 Å². The van der Waals surface area contributed by atoms with Gasteiger partial charge in [-0.15, -0.1) is 0 Å². The Hall–Kier alpha value is -2.43. The van der Waals surface area contributed by atoms with Crippen molar-refractivity contribution in [2.75, 3.05) is 5.32 Å². The molecule has 4 nitrogen and oxygen atoms in total. The number of amides is 1. The molecule has 0 atom stereocenters. The Balaban J connectivity index is 3.10. The summed E-state index contributed by atoms with van der Waals surface area (Å²) in [5.41, 5.74) is 3.18. The third-order valence-electron chi connectivity index (χ3n) is 3.31. The number of nitrogens with one attached hydrogen (secondary N) is 2. The van der Waals surface area contributed by atoms with Gasteiger partial charge in [-0.3, -0.25) is 4.79 Å². The molecule has 0 radical (unpaired) electrons. The average Bonchev–Trinajstić information content (AvgIpc) is 2.52. The Morgan fingerprint density at radius 2 is 1.83 bits per heavy atom. The van der Waals surface area contributed by atoms with E-state index in [1.54, 1.807) is 18.2 Å². The molecule has 0 saturated heterocycles. The predicted molar refractivity (Wildman–Crippen MR) is 93.7 cm³/mol. The molecule has 0 unspecified atom stereocenters. The van der Waals surface area contributed by atoms with Crippen molar-refractivity contribution in [1.82, 2.24) is 5.32 Å². The van der Waals surface area contributed by atoms with E-state index in [2.05, 4.69) is 15.6 Å². The van der Waals surface area contributed by atoms with E-state index in [1.165, 1.54) is 19.1 Å². The Kier molecular flexibility index (Phi) is 7.19. The minimum Gasteiger partial charge on any atom is -0.340 e. The lowest BCUT2D eigenvalue weighted by Crippen LogP contribution is -2.24. The average molecular weight is 317 g/mol. The molecule has 1 amide bonds. The van der Waals surface area contributed by atoms with Crippen molar-refractivity contribution in [1.29, 1.82) is 0 Å². The molecule has 0 saturated carbocycles.